The second-order valence-corrected chi connectivity index (χ2v) is 8.56. The van der Waals surface area contributed by atoms with Crippen molar-refractivity contribution in [2.75, 3.05) is 0 Å². The Labute approximate surface area is 154 Å². The minimum Gasteiger partial charge on any atom is -0.326 e. The van der Waals surface area contributed by atoms with Gasteiger partial charge in [0.1, 0.15) is 5.82 Å². The van der Waals surface area contributed by atoms with Crippen molar-refractivity contribution in [1.82, 2.24) is 9.55 Å². The van der Waals surface area contributed by atoms with Crippen LogP contribution >= 0.6 is 0 Å². The zero-order chi connectivity index (χ0) is 17.8. The quantitative estimate of drug-likeness (QED) is 0.501. The van der Waals surface area contributed by atoms with Gasteiger partial charge in [0, 0.05) is 12.4 Å². The summed E-state index contributed by atoms with van der Waals surface area (Å²) in [5.74, 6) is -0.199. The van der Waals surface area contributed by atoms with Crippen LogP contribution in [0, 0.1) is 5.82 Å². The summed E-state index contributed by atoms with van der Waals surface area (Å²) in [4.78, 5) is 4.32. The Morgan fingerprint density at radius 1 is 0.769 bits per heavy atom. The molecule has 0 aliphatic rings. The van der Waals surface area contributed by atoms with Gasteiger partial charge in [-0.25, -0.2) is 9.37 Å². The van der Waals surface area contributed by atoms with E-state index in [2.05, 4.69) is 58.1 Å². The summed E-state index contributed by atoms with van der Waals surface area (Å²) < 4.78 is 15.6. The van der Waals surface area contributed by atoms with E-state index in [-0.39, 0.29) is 11.0 Å². The van der Waals surface area contributed by atoms with Gasteiger partial charge in [0.2, 0.25) is 0 Å². The third kappa shape index (κ3) is 3.00. The molecule has 3 aromatic carbocycles. The summed E-state index contributed by atoms with van der Waals surface area (Å²) in [6, 6.07) is 28.0. The molecule has 4 heteroatoms. The number of rotatable bonds is 5. The maximum Gasteiger partial charge on any atom is 0.123 e. The van der Waals surface area contributed by atoms with Crippen LogP contribution in [0.25, 0.3) is 0 Å². The molecular weight excluding hydrogens is 339 g/mol. The molecule has 1 heterocycles. The normalized spacial score (nSPS) is 11.9. The van der Waals surface area contributed by atoms with Gasteiger partial charge in [-0.05, 0) is 23.3 Å². The minimum absolute atomic E-state index is 0.199. The third-order valence-corrected chi connectivity index (χ3v) is 7.39. The summed E-state index contributed by atoms with van der Waals surface area (Å²) >= 11 is 0. The monoisotopic (exact) mass is 358 g/mol. The molecule has 0 amide bonds. The predicted molar refractivity (Wildman–Crippen MR) is 106 cm³/mol. The van der Waals surface area contributed by atoms with E-state index in [0.29, 0.717) is 0 Å². The lowest BCUT2D eigenvalue weighted by molar-refractivity contribution is 0.596. The predicted octanol–water partition coefficient (Wildman–Crippen LogP) is 3.27. The molecule has 2 nitrogen and oxygen atoms in total. The first-order valence-corrected chi connectivity index (χ1v) is 10.0. The second-order valence-electron chi connectivity index (χ2n) is 6.37. The zero-order valence-electron chi connectivity index (χ0n) is 14.3. The highest BCUT2D eigenvalue weighted by atomic mass is 28.2. The van der Waals surface area contributed by atoms with Crippen LogP contribution in [0.2, 0.25) is 0 Å². The smallest absolute Gasteiger partial charge is 0.123 e. The molecule has 0 bridgehead atoms. The summed E-state index contributed by atoms with van der Waals surface area (Å²) in [7, 11) is -0.929. The Morgan fingerprint density at radius 3 is 1.85 bits per heavy atom. The van der Waals surface area contributed by atoms with E-state index in [4.69, 9.17) is 0 Å². The van der Waals surface area contributed by atoms with E-state index >= 15 is 0 Å². The fraction of sp³-hybridized carbons (Fsp3) is 0.0455. The number of benzene rings is 3. The number of halogens is 1. The maximum atomic E-state index is 13.4. The average Bonchev–Trinajstić information content (AvgIpc) is 3.24. The van der Waals surface area contributed by atoms with E-state index in [9.17, 15) is 4.39 Å². The number of hydrogen-bond acceptors (Lipinski definition) is 1. The van der Waals surface area contributed by atoms with Crippen molar-refractivity contribution < 1.29 is 4.39 Å². The average molecular weight is 358 g/mol. The summed E-state index contributed by atoms with van der Waals surface area (Å²) in [5, 5.41) is 0.879. The van der Waals surface area contributed by atoms with Gasteiger partial charge in [0.15, 0.2) is 0 Å². The Bertz CT molecular complexity index is 913. The van der Waals surface area contributed by atoms with Crippen molar-refractivity contribution in [2.45, 2.75) is 5.16 Å². The molecule has 0 saturated carbocycles. The summed E-state index contributed by atoms with van der Waals surface area (Å²) in [6.07, 6.45) is 5.73. The van der Waals surface area contributed by atoms with Crippen LogP contribution in [0.1, 0.15) is 11.1 Å². The van der Waals surface area contributed by atoms with Gasteiger partial charge in [0.05, 0.1) is 21.0 Å². The van der Waals surface area contributed by atoms with Crippen LogP contribution in [-0.2, 0) is 5.16 Å². The largest absolute Gasteiger partial charge is 0.326 e. The van der Waals surface area contributed by atoms with E-state index < -0.39 is 9.52 Å². The molecule has 0 atom stereocenters. The topological polar surface area (TPSA) is 17.8 Å². The highest BCUT2D eigenvalue weighted by Gasteiger charge is 2.36. The SMILES string of the molecule is Fc1ccc([SiH2]C(c2ccccc2)(c2ccccc2)n2ccnc2)cc1. The van der Waals surface area contributed by atoms with Crippen LogP contribution in [0.3, 0.4) is 0 Å². The van der Waals surface area contributed by atoms with Crippen molar-refractivity contribution in [3.05, 3.63) is 121 Å². The van der Waals surface area contributed by atoms with Crippen LogP contribution in [0.15, 0.2) is 104 Å². The molecule has 0 N–H and O–H groups in total. The van der Waals surface area contributed by atoms with Crippen LogP contribution in [0.4, 0.5) is 4.39 Å². The van der Waals surface area contributed by atoms with Gasteiger partial charge in [-0.3, -0.25) is 0 Å². The molecule has 4 rings (SSSR count). The molecular formula is C22H19FN2Si. The first kappa shape index (κ1) is 16.5. The van der Waals surface area contributed by atoms with Gasteiger partial charge < -0.3 is 4.57 Å². The van der Waals surface area contributed by atoms with Gasteiger partial charge in [-0.1, -0.05) is 78.0 Å². The highest BCUT2D eigenvalue weighted by molar-refractivity contribution is 6.57. The molecule has 4 aromatic rings. The lowest BCUT2D eigenvalue weighted by Crippen LogP contribution is -2.46. The third-order valence-electron chi connectivity index (χ3n) is 4.82. The van der Waals surface area contributed by atoms with Crippen LogP contribution in [0.5, 0.6) is 0 Å². The molecule has 0 radical (unpaired) electrons. The first-order chi connectivity index (χ1) is 12.8. The number of nitrogens with zero attached hydrogens (tertiary/aromatic N) is 2. The summed E-state index contributed by atoms with van der Waals surface area (Å²) in [6.45, 7) is 0. The van der Waals surface area contributed by atoms with Gasteiger partial charge >= 0.3 is 0 Å². The zero-order valence-corrected chi connectivity index (χ0v) is 15.7. The fourth-order valence-electron chi connectivity index (χ4n) is 3.57. The van der Waals surface area contributed by atoms with E-state index in [1.54, 1.807) is 12.1 Å². The van der Waals surface area contributed by atoms with E-state index in [1.807, 2.05) is 43.0 Å². The van der Waals surface area contributed by atoms with Crippen LogP contribution in [-0.4, -0.2) is 19.1 Å². The lowest BCUT2D eigenvalue weighted by Gasteiger charge is -2.37. The van der Waals surface area contributed by atoms with Crippen molar-refractivity contribution in [1.29, 1.82) is 0 Å². The Kier molecular flexibility index (Phi) is 4.50. The highest BCUT2D eigenvalue weighted by Crippen LogP contribution is 2.33. The molecule has 0 fully saturated rings. The van der Waals surface area contributed by atoms with Crippen molar-refractivity contribution in [2.24, 2.45) is 0 Å². The molecule has 0 spiro atoms. The number of imidazole rings is 1. The Hall–Kier alpha value is -2.98. The Balaban J connectivity index is 1.96. The molecule has 0 saturated heterocycles. The van der Waals surface area contributed by atoms with Crippen molar-refractivity contribution in [3.63, 3.8) is 0 Å². The van der Waals surface area contributed by atoms with Crippen molar-refractivity contribution >= 4 is 14.7 Å². The first-order valence-electron chi connectivity index (χ1n) is 8.63. The van der Waals surface area contributed by atoms with Gasteiger partial charge in [0.25, 0.3) is 0 Å². The molecule has 0 unspecified atom stereocenters. The fourth-order valence-corrected chi connectivity index (χ4v) is 5.88. The van der Waals surface area contributed by atoms with Gasteiger partial charge in [-0.2, -0.15) is 0 Å². The van der Waals surface area contributed by atoms with E-state index in [1.165, 1.54) is 16.3 Å². The number of hydrogen-bond donors (Lipinski definition) is 0. The molecule has 0 aliphatic heterocycles. The van der Waals surface area contributed by atoms with Gasteiger partial charge in [-0.15, -0.1) is 0 Å². The number of aromatic nitrogens is 2. The molecule has 128 valence electrons. The maximum absolute atomic E-state index is 13.4. The van der Waals surface area contributed by atoms with Crippen LogP contribution < -0.4 is 5.19 Å². The van der Waals surface area contributed by atoms with Crippen molar-refractivity contribution in [3.8, 4) is 0 Å². The standard InChI is InChI=1S/C22H19FN2Si/c23-20-11-13-21(14-12-20)26-22(25-16-15-24-17-25,18-7-3-1-4-8-18)19-9-5-2-6-10-19/h1-17H,26H2. The molecule has 1 aromatic heterocycles. The Morgan fingerprint density at radius 2 is 1.35 bits per heavy atom. The lowest BCUT2D eigenvalue weighted by atomic mass is 9.97. The second kappa shape index (κ2) is 7.10. The molecule has 0 aliphatic carbocycles. The molecule has 26 heavy (non-hydrogen) atoms. The minimum atomic E-state index is -0.929. The summed E-state index contributed by atoms with van der Waals surface area (Å²) in [5.41, 5.74) is 2.44. The van der Waals surface area contributed by atoms with E-state index in [0.717, 1.165) is 0 Å².